The minimum Gasteiger partial charge on any atom is -0.465 e. The first kappa shape index (κ1) is 17.2. The van der Waals surface area contributed by atoms with E-state index in [1.165, 1.54) is 19.4 Å². The maximum atomic E-state index is 12.5. The van der Waals surface area contributed by atoms with Crippen LogP contribution in [-0.4, -0.2) is 24.0 Å². The van der Waals surface area contributed by atoms with Gasteiger partial charge in [-0.2, -0.15) is 0 Å². The normalized spacial score (nSPS) is 10.5. The second kappa shape index (κ2) is 7.09. The van der Waals surface area contributed by atoms with Gasteiger partial charge in [-0.05, 0) is 41.8 Å². The highest BCUT2D eigenvalue weighted by atomic mass is 35.5. The van der Waals surface area contributed by atoms with Gasteiger partial charge in [-0.1, -0.05) is 23.2 Å². The van der Waals surface area contributed by atoms with E-state index in [0.29, 0.717) is 32.1 Å². The van der Waals surface area contributed by atoms with E-state index in [1.54, 1.807) is 36.5 Å². The van der Waals surface area contributed by atoms with Crippen molar-refractivity contribution in [2.45, 2.75) is 0 Å². The van der Waals surface area contributed by atoms with Crippen molar-refractivity contribution >= 4 is 51.5 Å². The van der Waals surface area contributed by atoms with Crippen molar-refractivity contribution in [3.63, 3.8) is 0 Å². The Hall–Kier alpha value is -2.63. The van der Waals surface area contributed by atoms with Gasteiger partial charge < -0.3 is 10.1 Å². The molecule has 3 aromatic rings. The molecule has 0 saturated carbocycles. The molecular formula is C18H12Cl2N2O3. The monoisotopic (exact) mass is 374 g/mol. The summed E-state index contributed by atoms with van der Waals surface area (Å²) in [4.78, 5) is 28.3. The van der Waals surface area contributed by atoms with Crippen LogP contribution in [0.25, 0.3) is 10.8 Å². The molecule has 0 aliphatic heterocycles. The zero-order chi connectivity index (χ0) is 18.0. The molecule has 0 unspecified atom stereocenters. The summed E-state index contributed by atoms with van der Waals surface area (Å²) in [7, 11) is 1.28. The number of rotatable bonds is 3. The quantitative estimate of drug-likeness (QED) is 0.681. The highest BCUT2D eigenvalue weighted by Gasteiger charge is 2.16. The molecule has 0 aliphatic rings. The number of nitrogens with one attached hydrogen (secondary N) is 1. The topological polar surface area (TPSA) is 68.3 Å². The van der Waals surface area contributed by atoms with Gasteiger partial charge in [0.1, 0.15) is 0 Å². The SMILES string of the molecule is COC(=O)c1cc(NC(=O)c2cccnc2)c2c(Cl)cc(Cl)cc2c1. The number of halogens is 2. The first-order valence-electron chi connectivity index (χ1n) is 7.22. The Morgan fingerprint density at radius 2 is 1.92 bits per heavy atom. The van der Waals surface area contributed by atoms with E-state index in [4.69, 9.17) is 27.9 Å². The van der Waals surface area contributed by atoms with Crippen LogP contribution in [0.2, 0.25) is 10.0 Å². The number of benzene rings is 2. The fourth-order valence-electron chi connectivity index (χ4n) is 2.45. The largest absolute Gasteiger partial charge is 0.465 e. The maximum Gasteiger partial charge on any atom is 0.337 e. The molecule has 0 spiro atoms. The first-order chi connectivity index (χ1) is 12.0. The lowest BCUT2D eigenvalue weighted by molar-refractivity contribution is 0.0600. The van der Waals surface area contributed by atoms with Crippen LogP contribution < -0.4 is 5.32 Å². The Balaban J connectivity index is 2.14. The van der Waals surface area contributed by atoms with Crippen LogP contribution in [0.5, 0.6) is 0 Å². The fraction of sp³-hybridized carbons (Fsp3) is 0.0556. The number of nitrogens with zero attached hydrogens (tertiary/aromatic N) is 1. The Morgan fingerprint density at radius 3 is 2.60 bits per heavy atom. The summed E-state index contributed by atoms with van der Waals surface area (Å²) in [5, 5.41) is 4.74. The van der Waals surface area contributed by atoms with Gasteiger partial charge in [-0.15, -0.1) is 0 Å². The molecule has 0 aliphatic carbocycles. The van der Waals surface area contributed by atoms with E-state index in [9.17, 15) is 9.59 Å². The molecule has 3 rings (SSSR count). The van der Waals surface area contributed by atoms with Gasteiger partial charge in [0.05, 0.1) is 28.9 Å². The van der Waals surface area contributed by atoms with Crippen LogP contribution in [0.1, 0.15) is 20.7 Å². The van der Waals surface area contributed by atoms with Gasteiger partial charge >= 0.3 is 5.97 Å². The highest BCUT2D eigenvalue weighted by Crippen LogP contribution is 2.35. The van der Waals surface area contributed by atoms with Crippen LogP contribution in [-0.2, 0) is 4.74 Å². The van der Waals surface area contributed by atoms with Crippen LogP contribution >= 0.6 is 23.2 Å². The fourth-order valence-corrected chi connectivity index (χ4v) is 3.07. The molecule has 0 atom stereocenters. The standard InChI is InChI=1S/C18H12Cl2N2O3/c1-25-18(24)12-5-11-6-13(19)8-14(20)16(11)15(7-12)22-17(23)10-3-2-4-21-9-10/h2-9H,1H3,(H,22,23). The first-order valence-corrected chi connectivity index (χ1v) is 7.97. The van der Waals surface area contributed by atoms with E-state index in [-0.39, 0.29) is 11.5 Å². The number of esters is 1. The minimum absolute atomic E-state index is 0.273. The molecule has 1 aromatic heterocycles. The third kappa shape index (κ3) is 3.57. The number of aromatic nitrogens is 1. The molecule has 126 valence electrons. The van der Waals surface area contributed by atoms with Crippen molar-refractivity contribution in [2.24, 2.45) is 0 Å². The number of hydrogen-bond donors (Lipinski definition) is 1. The number of fused-ring (bicyclic) bond motifs is 1. The second-order valence-corrected chi connectivity index (χ2v) is 6.04. The number of amides is 1. The zero-order valence-electron chi connectivity index (χ0n) is 13.0. The van der Waals surface area contributed by atoms with Gasteiger partial charge in [0.2, 0.25) is 0 Å². The number of carbonyl (C=O) groups is 2. The van der Waals surface area contributed by atoms with E-state index in [2.05, 4.69) is 10.3 Å². The number of pyridine rings is 1. The number of hydrogen-bond acceptors (Lipinski definition) is 4. The van der Waals surface area contributed by atoms with Crippen molar-refractivity contribution in [3.8, 4) is 0 Å². The molecule has 7 heteroatoms. The lowest BCUT2D eigenvalue weighted by Crippen LogP contribution is -2.13. The van der Waals surface area contributed by atoms with E-state index >= 15 is 0 Å². The average molecular weight is 375 g/mol. The maximum absolute atomic E-state index is 12.5. The summed E-state index contributed by atoms with van der Waals surface area (Å²) in [6.45, 7) is 0. The van der Waals surface area contributed by atoms with Gasteiger partial charge in [0.15, 0.2) is 0 Å². The van der Waals surface area contributed by atoms with E-state index in [0.717, 1.165) is 0 Å². The molecule has 2 aromatic carbocycles. The zero-order valence-corrected chi connectivity index (χ0v) is 14.6. The lowest BCUT2D eigenvalue weighted by atomic mass is 10.0. The Morgan fingerprint density at radius 1 is 1.12 bits per heavy atom. The summed E-state index contributed by atoms with van der Waals surface area (Å²) in [6, 6.07) is 9.65. The van der Waals surface area contributed by atoms with E-state index < -0.39 is 5.97 Å². The summed E-state index contributed by atoms with van der Waals surface area (Å²) in [6.07, 6.45) is 3.02. The van der Waals surface area contributed by atoms with Crippen LogP contribution in [0.4, 0.5) is 5.69 Å². The number of carbonyl (C=O) groups excluding carboxylic acids is 2. The van der Waals surface area contributed by atoms with Crippen molar-refractivity contribution in [3.05, 3.63) is 70.0 Å². The molecular weight excluding hydrogens is 363 g/mol. The second-order valence-electron chi connectivity index (χ2n) is 5.20. The van der Waals surface area contributed by atoms with Gasteiger partial charge in [-0.25, -0.2) is 4.79 Å². The Bertz CT molecular complexity index is 975. The molecule has 0 radical (unpaired) electrons. The Kier molecular flexibility index (Phi) is 4.88. The number of ether oxygens (including phenoxy) is 1. The smallest absolute Gasteiger partial charge is 0.337 e. The molecule has 0 bridgehead atoms. The molecule has 25 heavy (non-hydrogen) atoms. The summed E-state index contributed by atoms with van der Waals surface area (Å²) < 4.78 is 4.76. The molecule has 0 fully saturated rings. The molecule has 1 N–H and O–H groups in total. The molecule has 0 saturated heterocycles. The van der Waals surface area contributed by atoms with Gasteiger partial charge in [0, 0.05) is 22.8 Å². The third-order valence-electron chi connectivity index (χ3n) is 3.56. The average Bonchev–Trinajstić information content (AvgIpc) is 2.60. The molecule has 1 amide bonds. The lowest BCUT2D eigenvalue weighted by Gasteiger charge is -2.13. The van der Waals surface area contributed by atoms with E-state index in [1.807, 2.05) is 0 Å². The number of anilines is 1. The number of methoxy groups -OCH3 is 1. The molecule has 1 heterocycles. The summed E-state index contributed by atoms with van der Waals surface area (Å²) >= 11 is 12.3. The predicted molar refractivity (Wildman–Crippen MR) is 97.5 cm³/mol. The van der Waals surface area contributed by atoms with Gasteiger partial charge in [-0.3, -0.25) is 9.78 Å². The van der Waals surface area contributed by atoms with Crippen molar-refractivity contribution in [1.29, 1.82) is 0 Å². The third-order valence-corrected chi connectivity index (χ3v) is 4.08. The Labute approximate surface area is 153 Å². The minimum atomic E-state index is -0.533. The predicted octanol–water partition coefficient (Wildman–Crippen LogP) is 4.58. The van der Waals surface area contributed by atoms with Crippen molar-refractivity contribution in [2.75, 3.05) is 12.4 Å². The summed E-state index contributed by atoms with van der Waals surface area (Å²) in [5.74, 6) is -0.905. The molecule has 5 nitrogen and oxygen atoms in total. The van der Waals surface area contributed by atoms with Gasteiger partial charge in [0.25, 0.3) is 5.91 Å². The van der Waals surface area contributed by atoms with Crippen LogP contribution in [0.3, 0.4) is 0 Å². The van der Waals surface area contributed by atoms with Crippen molar-refractivity contribution in [1.82, 2.24) is 4.98 Å². The van der Waals surface area contributed by atoms with Crippen LogP contribution in [0, 0.1) is 0 Å². The summed E-state index contributed by atoms with van der Waals surface area (Å²) in [5.41, 5.74) is 1.03. The van der Waals surface area contributed by atoms with Crippen LogP contribution in [0.15, 0.2) is 48.8 Å². The highest BCUT2D eigenvalue weighted by molar-refractivity contribution is 6.40. The van der Waals surface area contributed by atoms with Crippen molar-refractivity contribution < 1.29 is 14.3 Å².